The molecule has 0 spiro atoms. The third-order valence-electron chi connectivity index (χ3n) is 3.46. The smallest absolute Gasteiger partial charge is 0.126 e. The molecule has 0 bridgehead atoms. The molecule has 0 fully saturated rings. The molecule has 0 unspecified atom stereocenters. The van der Waals surface area contributed by atoms with Crippen molar-refractivity contribution in [1.29, 1.82) is 0 Å². The molecule has 0 radical (unpaired) electrons. The largest absolute Gasteiger partial charge is 0.397 e. The Balaban J connectivity index is 2.00. The average Bonchev–Trinajstić information content (AvgIpc) is 2.41. The summed E-state index contributed by atoms with van der Waals surface area (Å²) < 4.78 is 0. The fourth-order valence-corrected chi connectivity index (χ4v) is 2.15. The summed E-state index contributed by atoms with van der Waals surface area (Å²) in [5, 5.41) is 3.36. The summed E-state index contributed by atoms with van der Waals surface area (Å²) in [6.45, 7) is 5.21. The number of nitrogens with one attached hydrogen (secondary N) is 1. The van der Waals surface area contributed by atoms with Gasteiger partial charge in [0.25, 0.3) is 0 Å². The van der Waals surface area contributed by atoms with E-state index < -0.39 is 0 Å². The number of nitrogens with zero attached hydrogens (tertiary/aromatic N) is 1. The number of anilines is 2. The minimum atomic E-state index is 0.762. The van der Waals surface area contributed by atoms with Crippen molar-refractivity contribution < 1.29 is 0 Å². The van der Waals surface area contributed by atoms with Crippen LogP contribution in [0.5, 0.6) is 0 Å². The monoisotopic (exact) mass is 263 g/mol. The van der Waals surface area contributed by atoms with E-state index in [1.54, 1.807) is 0 Å². The number of nitrogens with two attached hydrogens (primary N) is 1. The summed E-state index contributed by atoms with van der Waals surface area (Å²) in [5.74, 6) is 0.939. The number of aryl methyl sites for hydroxylation is 1. The van der Waals surface area contributed by atoms with Crippen molar-refractivity contribution in [2.75, 3.05) is 17.6 Å². The van der Waals surface area contributed by atoms with Gasteiger partial charge >= 0.3 is 0 Å². The van der Waals surface area contributed by atoms with Gasteiger partial charge in [-0.15, -0.1) is 0 Å². The predicted molar refractivity (Wildman–Crippen MR) is 84.5 cm³/mol. The highest BCUT2D eigenvalue weighted by Gasteiger charge is 1.97. The second-order valence-corrected chi connectivity index (χ2v) is 5.27. The first kappa shape index (κ1) is 15.8. The van der Waals surface area contributed by atoms with Crippen LogP contribution in [0.1, 0.15) is 64.0 Å². The van der Waals surface area contributed by atoms with Gasteiger partial charge in [-0.05, 0) is 25.5 Å². The predicted octanol–water partition coefficient (Wildman–Crippen LogP) is 4.52. The first-order chi connectivity index (χ1) is 9.24. The number of unbranched alkanes of at least 4 members (excludes halogenated alkanes) is 7. The molecule has 0 aliphatic rings. The van der Waals surface area contributed by atoms with Crippen LogP contribution in [0.25, 0.3) is 0 Å². The zero-order valence-electron chi connectivity index (χ0n) is 12.5. The SMILES string of the molecule is CCCCCCCCCCNc1ccc(N)c(C)n1. The van der Waals surface area contributed by atoms with Crippen LogP contribution in [0, 0.1) is 6.92 Å². The van der Waals surface area contributed by atoms with Crippen molar-refractivity contribution >= 4 is 11.5 Å². The van der Waals surface area contributed by atoms with E-state index in [9.17, 15) is 0 Å². The lowest BCUT2D eigenvalue weighted by atomic mass is 10.1. The van der Waals surface area contributed by atoms with Gasteiger partial charge < -0.3 is 11.1 Å². The lowest BCUT2D eigenvalue weighted by Gasteiger charge is -2.07. The molecule has 1 rings (SSSR count). The molecule has 0 saturated carbocycles. The van der Waals surface area contributed by atoms with Gasteiger partial charge in [-0.3, -0.25) is 0 Å². The van der Waals surface area contributed by atoms with Crippen molar-refractivity contribution in [2.24, 2.45) is 0 Å². The lowest BCUT2D eigenvalue weighted by molar-refractivity contribution is 0.581. The molecule has 0 aliphatic carbocycles. The van der Waals surface area contributed by atoms with Gasteiger partial charge in [0.1, 0.15) is 5.82 Å². The fourth-order valence-electron chi connectivity index (χ4n) is 2.15. The molecule has 0 atom stereocenters. The molecule has 1 aromatic heterocycles. The van der Waals surface area contributed by atoms with Crippen LogP contribution in [0.3, 0.4) is 0 Å². The van der Waals surface area contributed by atoms with Crippen molar-refractivity contribution in [3.05, 3.63) is 17.8 Å². The maximum Gasteiger partial charge on any atom is 0.126 e. The molecular formula is C16H29N3. The van der Waals surface area contributed by atoms with Crippen LogP contribution in [0.4, 0.5) is 11.5 Å². The Hall–Kier alpha value is -1.25. The van der Waals surface area contributed by atoms with E-state index in [1.165, 1.54) is 51.4 Å². The summed E-state index contributed by atoms with van der Waals surface area (Å²) in [6, 6.07) is 3.87. The minimum absolute atomic E-state index is 0.762. The molecule has 108 valence electrons. The highest BCUT2D eigenvalue weighted by molar-refractivity contribution is 5.48. The number of pyridine rings is 1. The maximum absolute atomic E-state index is 5.74. The lowest BCUT2D eigenvalue weighted by Crippen LogP contribution is -2.04. The first-order valence-electron chi connectivity index (χ1n) is 7.71. The van der Waals surface area contributed by atoms with E-state index >= 15 is 0 Å². The van der Waals surface area contributed by atoms with E-state index in [4.69, 9.17) is 5.73 Å². The van der Waals surface area contributed by atoms with Gasteiger partial charge in [0, 0.05) is 6.54 Å². The van der Waals surface area contributed by atoms with Gasteiger partial charge in [0.2, 0.25) is 0 Å². The van der Waals surface area contributed by atoms with Crippen molar-refractivity contribution in [2.45, 2.75) is 65.2 Å². The minimum Gasteiger partial charge on any atom is -0.397 e. The molecule has 3 N–H and O–H groups in total. The van der Waals surface area contributed by atoms with Crippen molar-refractivity contribution in [1.82, 2.24) is 4.98 Å². The van der Waals surface area contributed by atoms with E-state index in [1.807, 2.05) is 19.1 Å². The normalized spacial score (nSPS) is 10.6. The van der Waals surface area contributed by atoms with Crippen LogP contribution < -0.4 is 11.1 Å². The van der Waals surface area contributed by atoms with Gasteiger partial charge in [-0.2, -0.15) is 0 Å². The second kappa shape index (κ2) is 9.65. The van der Waals surface area contributed by atoms with Crippen LogP contribution in [-0.4, -0.2) is 11.5 Å². The second-order valence-electron chi connectivity index (χ2n) is 5.27. The fraction of sp³-hybridized carbons (Fsp3) is 0.688. The van der Waals surface area contributed by atoms with E-state index in [0.29, 0.717) is 0 Å². The maximum atomic E-state index is 5.74. The van der Waals surface area contributed by atoms with Gasteiger partial charge in [-0.1, -0.05) is 51.9 Å². The van der Waals surface area contributed by atoms with E-state index in [2.05, 4.69) is 17.2 Å². The quantitative estimate of drug-likeness (QED) is 0.610. The molecule has 1 aromatic rings. The summed E-state index contributed by atoms with van der Waals surface area (Å²) in [6.07, 6.45) is 10.8. The van der Waals surface area contributed by atoms with Gasteiger partial charge in [0.05, 0.1) is 11.4 Å². The number of hydrogen-bond acceptors (Lipinski definition) is 3. The zero-order valence-corrected chi connectivity index (χ0v) is 12.5. The Labute approximate surface area is 118 Å². The summed E-state index contributed by atoms with van der Waals surface area (Å²) in [5.41, 5.74) is 7.41. The molecule has 0 saturated heterocycles. The third-order valence-corrected chi connectivity index (χ3v) is 3.46. The van der Waals surface area contributed by atoms with Crippen LogP contribution in [-0.2, 0) is 0 Å². The highest BCUT2D eigenvalue weighted by atomic mass is 15.0. The van der Waals surface area contributed by atoms with Crippen molar-refractivity contribution in [3.63, 3.8) is 0 Å². The Bertz CT molecular complexity index is 350. The molecule has 1 heterocycles. The molecule has 3 heteroatoms. The Morgan fingerprint density at radius 2 is 1.63 bits per heavy atom. The number of nitrogen functional groups attached to an aromatic ring is 1. The van der Waals surface area contributed by atoms with Crippen molar-refractivity contribution in [3.8, 4) is 0 Å². The zero-order chi connectivity index (χ0) is 13.9. The average molecular weight is 263 g/mol. The molecular weight excluding hydrogens is 234 g/mol. The highest BCUT2D eigenvalue weighted by Crippen LogP contribution is 2.12. The number of rotatable bonds is 10. The summed E-state index contributed by atoms with van der Waals surface area (Å²) >= 11 is 0. The van der Waals surface area contributed by atoms with Gasteiger partial charge in [-0.25, -0.2) is 4.98 Å². The summed E-state index contributed by atoms with van der Waals surface area (Å²) in [4.78, 5) is 4.40. The molecule has 19 heavy (non-hydrogen) atoms. The molecule has 0 amide bonds. The standard InChI is InChI=1S/C16H29N3/c1-3-4-5-6-7-8-9-10-13-18-16-12-11-15(17)14(2)19-16/h11-12H,3-10,13,17H2,1-2H3,(H,18,19). The third kappa shape index (κ3) is 7.04. The van der Waals surface area contributed by atoms with Gasteiger partial charge in [0.15, 0.2) is 0 Å². The Morgan fingerprint density at radius 1 is 1.00 bits per heavy atom. The van der Waals surface area contributed by atoms with Crippen LogP contribution in [0.2, 0.25) is 0 Å². The Kier molecular flexibility index (Phi) is 8.03. The Morgan fingerprint density at radius 3 is 2.26 bits per heavy atom. The molecule has 3 nitrogen and oxygen atoms in total. The van der Waals surface area contributed by atoms with E-state index in [-0.39, 0.29) is 0 Å². The number of aromatic nitrogens is 1. The molecule has 0 aliphatic heterocycles. The van der Waals surface area contributed by atoms with Crippen LogP contribution in [0.15, 0.2) is 12.1 Å². The number of hydrogen-bond donors (Lipinski definition) is 2. The van der Waals surface area contributed by atoms with E-state index in [0.717, 1.165) is 23.7 Å². The summed E-state index contributed by atoms with van der Waals surface area (Å²) in [7, 11) is 0. The van der Waals surface area contributed by atoms with Crippen LogP contribution >= 0.6 is 0 Å². The first-order valence-corrected chi connectivity index (χ1v) is 7.71. The topological polar surface area (TPSA) is 50.9 Å². The molecule has 0 aromatic carbocycles.